The molecule has 2 N–H and O–H groups in total. The maximum Gasteiger partial charge on any atom is 0.191 e. The van der Waals surface area contributed by atoms with Crippen molar-refractivity contribution in [3.63, 3.8) is 0 Å². The van der Waals surface area contributed by atoms with Crippen LogP contribution in [0.1, 0.15) is 40.0 Å². The highest BCUT2D eigenvalue weighted by Crippen LogP contribution is 2.19. The highest BCUT2D eigenvalue weighted by atomic mass is 15.2. The van der Waals surface area contributed by atoms with E-state index in [2.05, 4.69) is 36.4 Å². The van der Waals surface area contributed by atoms with Gasteiger partial charge in [0.1, 0.15) is 0 Å². The third-order valence-electron chi connectivity index (χ3n) is 2.29. The van der Waals surface area contributed by atoms with Crippen molar-refractivity contribution in [1.82, 2.24) is 10.6 Å². The SMILES string of the molecule is CC(C)(C)CCCNC1=NCCCN1. The molecule has 3 heteroatoms. The molecule has 1 rings (SSSR count). The van der Waals surface area contributed by atoms with Crippen molar-refractivity contribution in [1.29, 1.82) is 0 Å². The highest BCUT2D eigenvalue weighted by molar-refractivity contribution is 5.80. The Balaban J connectivity index is 2.06. The lowest BCUT2D eigenvalue weighted by Gasteiger charge is -2.19. The molecule has 0 fully saturated rings. The summed E-state index contributed by atoms with van der Waals surface area (Å²) in [6, 6.07) is 0. The maximum absolute atomic E-state index is 4.36. The largest absolute Gasteiger partial charge is 0.356 e. The molecule has 0 aliphatic carbocycles. The zero-order valence-electron chi connectivity index (χ0n) is 9.69. The van der Waals surface area contributed by atoms with Gasteiger partial charge in [-0.1, -0.05) is 20.8 Å². The lowest BCUT2D eigenvalue weighted by atomic mass is 9.91. The summed E-state index contributed by atoms with van der Waals surface area (Å²) >= 11 is 0. The van der Waals surface area contributed by atoms with E-state index in [1.807, 2.05) is 0 Å². The summed E-state index contributed by atoms with van der Waals surface area (Å²) in [5, 5.41) is 6.59. The molecular weight excluding hydrogens is 174 g/mol. The Morgan fingerprint density at radius 3 is 2.79 bits per heavy atom. The van der Waals surface area contributed by atoms with E-state index in [9.17, 15) is 0 Å². The van der Waals surface area contributed by atoms with Crippen LogP contribution < -0.4 is 10.6 Å². The first-order valence-corrected chi connectivity index (χ1v) is 5.60. The van der Waals surface area contributed by atoms with Gasteiger partial charge in [0.25, 0.3) is 0 Å². The molecule has 0 radical (unpaired) electrons. The van der Waals surface area contributed by atoms with Gasteiger partial charge in [-0.25, -0.2) is 0 Å². The molecule has 3 nitrogen and oxygen atoms in total. The van der Waals surface area contributed by atoms with Crippen molar-refractivity contribution in [3.05, 3.63) is 0 Å². The molecule has 0 bridgehead atoms. The van der Waals surface area contributed by atoms with Crippen molar-refractivity contribution in [2.75, 3.05) is 19.6 Å². The van der Waals surface area contributed by atoms with Crippen molar-refractivity contribution >= 4 is 5.96 Å². The normalized spacial score (nSPS) is 17.2. The molecule has 0 amide bonds. The summed E-state index contributed by atoms with van der Waals surface area (Å²) < 4.78 is 0. The van der Waals surface area contributed by atoms with E-state index in [1.165, 1.54) is 12.8 Å². The van der Waals surface area contributed by atoms with Crippen molar-refractivity contribution in [3.8, 4) is 0 Å². The summed E-state index contributed by atoms with van der Waals surface area (Å²) in [5.41, 5.74) is 0.448. The average Bonchev–Trinajstić information content (AvgIpc) is 2.13. The van der Waals surface area contributed by atoms with E-state index in [0.717, 1.165) is 32.0 Å². The average molecular weight is 197 g/mol. The summed E-state index contributed by atoms with van der Waals surface area (Å²) in [6.45, 7) is 9.90. The molecule has 0 atom stereocenters. The molecule has 82 valence electrons. The molecule has 0 saturated heterocycles. The molecule has 0 aromatic carbocycles. The van der Waals surface area contributed by atoms with E-state index in [1.54, 1.807) is 0 Å². The smallest absolute Gasteiger partial charge is 0.191 e. The first-order valence-electron chi connectivity index (χ1n) is 5.60. The van der Waals surface area contributed by atoms with E-state index in [4.69, 9.17) is 0 Å². The van der Waals surface area contributed by atoms with Crippen LogP contribution in [0.25, 0.3) is 0 Å². The molecule has 0 spiro atoms. The highest BCUT2D eigenvalue weighted by Gasteiger charge is 2.09. The predicted molar refractivity (Wildman–Crippen MR) is 61.6 cm³/mol. The zero-order chi connectivity index (χ0) is 10.4. The Morgan fingerprint density at radius 2 is 2.21 bits per heavy atom. The molecule has 14 heavy (non-hydrogen) atoms. The Hall–Kier alpha value is -0.730. The molecule has 1 heterocycles. The summed E-state index contributed by atoms with van der Waals surface area (Å²) in [5.74, 6) is 0.991. The fourth-order valence-electron chi connectivity index (χ4n) is 1.48. The topological polar surface area (TPSA) is 36.4 Å². The van der Waals surface area contributed by atoms with Crippen molar-refractivity contribution in [2.24, 2.45) is 10.4 Å². The second-order valence-corrected chi connectivity index (χ2v) is 5.10. The van der Waals surface area contributed by atoms with E-state index in [0.29, 0.717) is 5.41 Å². The molecular formula is C11H23N3. The standard InChI is InChI=1S/C11H23N3/c1-11(2,3)6-4-7-12-10-13-8-5-9-14-10/h4-9H2,1-3H3,(H2,12,13,14). The van der Waals surface area contributed by atoms with Gasteiger partial charge in [-0.2, -0.15) is 0 Å². The van der Waals surface area contributed by atoms with Crippen LogP contribution in [0.4, 0.5) is 0 Å². The van der Waals surface area contributed by atoms with Gasteiger partial charge in [0, 0.05) is 19.6 Å². The van der Waals surface area contributed by atoms with Crippen LogP contribution in [0.5, 0.6) is 0 Å². The monoisotopic (exact) mass is 197 g/mol. The van der Waals surface area contributed by atoms with Crippen LogP contribution in [-0.4, -0.2) is 25.6 Å². The summed E-state index contributed by atoms with van der Waals surface area (Å²) in [7, 11) is 0. The van der Waals surface area contributed by atoms with E-state index in [-0.39, 0.29) is 0 Å². The van der Waals surface area contributed by atoms with Gasteiger partial charge in [-0.3, -0.25) is 4.99 Å². The third-order valence-corrected chi connectivity index (χ3v) is 2.29. The van der Waals surface area contributed by atoms with Crippen LogP contribution in [0, 0.1) is 5.41 Å². The maximum atomic E-state index is 4.36. The number of hydrogen-bond acceptors (Lipinski definition) is 3. The predicted octanol–water partition coefficient (Wildman–Crippen LogP) is 1.75. The van der Waals surface area contributed by atoms with E-state index >= 15 is 0 Å². The number of aliphatic imine (C=N–C) groups is 1. The van der Waals surface area contributed by atoms with Crippen LogP contribution in [0.2, 0.25) is 0 Å². The number of nitrogens with zero attached hydrogens (tertiary/aromatic N) is 1. The van der Waals surface area contributed by atoms with Crippen LogP contribution in [-0.2, 0) is 0 Å². The first kappa shape index (κ1) is 11.3. The summed E-state index contributed by atoms with van der Waals surface area (Å²) in [6.07, 6.45) is 3.63. The third kappa shape index (κ3) is 5.10. The second-order valence-electron chi connectivity index (χ2n) is 5.10. The molecule has 0 aromatic rings. The number of guanidine groups is 1. The van der Waals surface area contributed by atoms with Gasteiger partial charge in [0.2, 0.25) is 0 Å². The fraction of sp³-hybridized carbons (Fsp3) is 0.909. The molecule has 0 saturated carbocycles. The number of nitrogens with one attached hydrogen (secondary N) is 2. The van der Waals surface area contributed by atoms with Gasteiger partial charge in [-0.15, -0.1) is 0 Å². The summed E-state index contributed by atoms with van der Waals surface area (Å²) in [4.78, 5) is 4.36. The Kier molecular flexibility index (Phi) is 4.23. The van der Waals surface area contributed by atoms with E-state index < -0.39 is 0 Å². The van der Waals surface area contributed by atoms with Crippen molar-refractivity contribution in [2.45, 2.75) is 40.0 Å². The molecule has 0 aromatic heterocycles. The minimum Gasteiger partial charge on any atom is -0.356 e. The van der Waals surface area contributed by atoms with Gasteiger partial charge in [0.05, 0.1) is 0 Å². The lowest BCUT2D eigenvalue weighted by molar-refractivity contribution is 0.365. The Labute approximate surface area is 87.4 Å². The minimum atomic E-state index is 0.448. The molecule has 1 aliphatic rings. The van der Waals surface area contributed by atoms with Gasteiger partial charge in [-0.05, 0) is 24.7 Å². The van der Waals surface area contributed by atoms with Crippen LogP contribution in [0.15, 0.2) is 4.99 Å². The number of hydrogen-bond donors (Lipinski definition) is 2. The van der Waals surface area contributed by atoms with Crippen LogP contribution in [0.3, 0.4) is 0 Å². The Bertz CT molecular complexity index is 191. The second kappa shape index (κ2) is 5.23. The fourth-order valence-corrected chi connectivity index (χ4v) is 1.48. The van der Waals surface area contributed by atoms with Crippen LogP contribution >= 0.6 is 0 Å². The quantitative estimate of drug-likeness (QED) is 0.676. The van der Waals surface area contributed by atoms with Gasteiger partial charge >= 0.3 is 0 Å². The minimum absolute atomic E-state index is 0.448. The number of rotatable bonds is 3. The van der Waals surface area contributed by atoms with Crippen molar-refractivity contribution < 1.29 is 0 Å². The molecule has 0 unspecified atom stereocenters. The first-order chi connectivity index (χ1) is 6.58. The lowest BCUT2D eigenvalue weighted by Crippen LogP contribution is -2.41. The van der Waals surface area contributed by atoms with Gasteiger partial charge < -0.3 is 10.6 Å². The molecule has 1 aliphatic heterocycles. The Morgan fingerprint density at radius 1 is 1.43 bits per heavy atom. The zero-order valence-corrected chi connectivity index (χ0v) is 9.69. The van der Waals surface area contributed by atoms with Gasteiger partial charge in [0.15, 0.2) is 5.96 Å².